The Morgan fingerprint density at radius 2 is 1.25 bits per heavy atom. The van der Waals surface area contributed by atoms with Gasteiger partial charge in [-0.05, 0) is 13.8 Å². The van der Waals surface area contributed by atoms with E-state index in [0.29, 0.717) is 6.82 Å². The summed E-state index contributed by atoms with van der Waals surface area (Å²) in [5.41, 5.74) is 0. The third-order valence-electron chi connectivity index (χ3n) is 1.83. The summed E-state index contributed by atoms with van der Waals surface area (Å²) >= 11 is 12.9. The van der Waals surface area contributed by atoms with Crippen LogP contribution in [0.2, 0.25) is 0 Å². The summed E-state index contributed by atoms with van der Waals surface area (Å²) in [4.78, 5) is 0. The molecule has 6 heteroatoms. The van der Waals surface area contributed by atoms with Crippen molar-refractivity contribution in [3.05, 3.63) is 0 Å². The molecule has 4 rings (SSSR count). The van der Waals surface area contributed by atoms with Gasteiger partial charge in [0, 0.05) is 0 Å². The fourth-order valence-electron chi connectivity index (χ4n) is 1.44. The topological polar surface area (TPSA) is 0 Å². The molecule has 0 amide bonds. The van der Waals surface area contributed by atoms with Gasteiger partial charge in [-0.2, -0.15) is 0 Å². The Balaban J connectivity index is 1.98. The zero-order chi connectivity index (χ0) is 8.40. The second-order valence-electron chi connectivity index (χ2n) is 3.01. The highest BCUT2D eigenvalue weighted by molar-refractivity contribution is 8.63. The summed E-state index contributed by atoms with van der Waals surface area (Å²) in [6, 6.07) is 0. The van der Waals surface area contributed by atoms with E-state index in [1.54, 1.807) is 0 Å². The number of hydrogen-bond donors (Lipinski definition) is 0. The van der Waals surface area contributed by atoms with Crippen molar-refractivity contribution in [3.8, 4) is 0 Å². The zero-order valence-corrected chi connectivity index (χ0v) is 11.5. The van der Waals surface area contributed by atoms with E-state index in [4.69, 9.17) is 0 Å². The lowest BCUT2D eigenvalue weighted by molar-refractivity contribution is 1.22. The molecule has 4 bridgehead atoms. The molecule has 4 heterocycles. The minimum Gasteiger partial charge on any atom is -0.111 e. The van der Waals surface area contributed by atoms with Crippen LogP contribution in [-0.4, -0.2) is 14.7 Å². The average molecular weight is 273 g/mol. The lowest BCUT2D eigenvalue weighted by Crippen LogP contribution is -2.40. The van der Waals surface area contributed by atoms with Crippen molar-refractivity contribution in [3.63, 3.8) is 0 Å². The van der Waals surface area contributed by atoms with Gasteiger partial charge >= 0.3 is 0 Å². The van der Waals surface area contributed by atoms with Crippen LogP contribution in [0.25, 0.3) is 0 Å². The number of thioether (sulfide) groups is 6. The molecule has 0 aromatic rings. The van der Waals surface area contributed by atoms with Crippen molar-refractivity contribution in [1.82, 2.24) is 0 Å². The maximum Gasteiger partial charge on any atom is 0.110 e. The van der Waals surface area contributed by atoms with Crippen molar-refractivity contribution >= 4 is 70.6 Å². The summed E-state index contributed by atoms with van der Waals surface area (Å²) in [5, 5.41) is 0. The Morgan fingerprint density at radius 1 is 0.833 bits per heavy atom. The fourth-order valence-corrected chi connectivity index (χ4v) is 20.8. The van der Waals surface area contributed by atoms with Gasteiger partial charge in [0.05, 0.1) is 0 Å². The molecule has 12 heavy (non-hydrogen) atoms. The van der Waals surface area contributed by atoms with Crippen LogP contribution in [0.5, 0.6) is 0 Å². The minimum absolute atomic E-state index is 0.450. The number of rotatable bonds is 0. The van der Waals surface area contributed by atoms with Gasteiger partial charge in [-0.3, -0.25) is 0 Å². The number of hydrogen-bond acceptors (Lipinski definition) is 6. The van der Waals surface area contributed by atoms with E-state index in [0.717, 1.165) is 7.83 Å². The molecule has 0 aliphatic carbocycles. The van der Waals surface area contributed by atoms with Crippen LogP contribution in [0.1, 0.15) is 13.8 Å². The molecule has 4 aliphatic rings. The molecule has 0 nitrogen and oxygen atoms in total. The fraction of sp³-hybridized carbons (Fsp3) is 1.00. The summed E-state index contributed by atoms with van der Waals surface area (Å²) < 4.78 is 2.50. The molecular formula is C6H8S6. The first-order chi connectivity index (χ1) is 5.57. The molecule has 68 valence electrons. The molecule has 0 radical (unpaired) electrons. The SMILES string of the molecule is CC12SC3SC(S1)SC(C)(S3)S2. The van der Waals surface area contributed by atoms with E-state index in [1.807, 2.05) is 0 Å². The van der Waals surface area contributed by atoms with E-state index in [2.05, 4.69) is 84.4 Å². The molecule has 0 saturated carbocycles. The first-order valence-electron chi connectivity index (χ1n) is 3.64. The van der Waals surface area contributed by atoms with Gasteiger partial charge < -0.3 is 0 Å². The van der Waals surface area contributed by atoms with Gasteiger partial charge in [-0.25, -0.2) is 0 Å². The largest absolute Gasteiger partial charge is 0.111 e. The first kappa shape index (κ1) is 9.33. The lowest BCUT2D eigenvalue weighted by atomic mass is 10.9. The molecule has 4 aliphatic heterocycles. The van der Waals surface area contributed by atoms with Crippen LogP contribution in [0, 0.1) is 0 Å². The monoisotopic (exact) mass is 272 g/mol. The Labute approximate surface area is 98.3 Å². The highest BCUT2D eigenvalue weighted by Gasteiger charge is 2.57. The van der Waals surface area contributed by atoms with Gasteiger partial charge in [-0.15, -0.1) is 70.6 Å². The molecule has 0 atom stereocenters. The molecule has 4 fully saturated rings. The smallest absolute Gasteiger partial charge is 0.110 e. The summed E-state index contributed by atoms with van der Waals surface area (Å²) in [6.45, 7) is 4.79. The van der Waals surface area contributed by atoms with E-state index in [-0.39, 0.29) is 0 Å². The average Bonchev–Trinajstić information content (AvgIpc) is 1.75. The van der Waals surface area contributed by atoms with E-state index < -0.39 is 0 Å². The van der Waals surface area contributed by atoms with Crippen molar-refractivity contribution in [1.29, 1.82) is 0 Å². The Morgan fingerprint density at radius 3 is 1.58 bits per heavy atom. The summed E-state index contributed by atoms with van der Waals surface area (Å²) in [5.74, 6) is 0. The lowest BCUT2D eigenvalue weighted by Gasteiger charge is -2.56. The predicted molar refractivity (Wildman–Crippen MR) is 69.9 cm³/mol. The Hall–Kier alpha value is 2.10. The Kier molecular flexibility index (Phi) is 2.19. The normalized spacial score (nSPS) is 62.5. The zero-order valence-electron chi connectivity index (χ0n) is 6.60. The second kappa shape index (κ2) is 2.82. The van der Waals surface area contributed by atoms with Crippen molar-refractivity contribution in [2.45, 2.75) is 28.5 Å². The van der Waals surface area contributed by atoms with Crippen LogP contribution >= 0.6 is 70.6 Å². The van der Waals surface area contributed by atoms with E-state index >= 15 is 0 Å². The van der Waals surface area contributed by atoms with Gasteiger partial charge in [0.15, 0.2) is 0 Å². The molecule has 0 aromatic heterocycles. The quantitative estimate of drug-likeness (QED) is 0.638. The highest BCUT2D eigenvalue weighted by Crippen LogP contribution is 2.80. The second-order valence-corrected chi connectivity index (χ2v) is 15.5. The third kappa shape index (κ3) is 1.45. The molecule has 0 unspecified atom stereocenters. The predicted octanol–water partition coefficient (Wildman–Crippen LogP) is 4.34. The van der Waals surface area contributed by atoms with Crippen LogP contribution in [0.15, 0.2) is 0 Å². The van der Waals surface area contributed by atoms with Crippen LogP contribution in [0.3, 0.4) is 0 Å². The molecular weight excluding hydrogens is 264 g/mol. The molecule has 0 aromatic carbocycles. The van der Waals surface area contributed by atoms with E-state index in [1.165, 1.54) is 0 Å². The van der Waals surface area contributed by atoms with Gasteiger partial charge in [-0.1, -0.05) is 0 Å². The first-order valence-corrected chi connectivity index (χ1v) is 8.92. The summed E-state index contributed by atoms with van der Waals surface area (Å²) in [7, 11) is 0. The maximum absolute atomic E-state index is 2.39. The standard InChI is InChI=1S/C6H8S6/c1-5-8-3-7-4(9-5)11-6(2,10-3)12-5/h3-4H,1-2H3. The molecule has 0 spiro atoms. The molecule has 0 N–H and O–H groups in total. The maximum atomic E-state index is 2.39. The van der Waals surface area contributed by atoms with Crippen molar-refractivity contribution in [2.24, 2.45) is 0 Å². The van der Waals surface area contributed by atoms with Crippen LogP contribution in [-0.2, 0) is 0 Å². The third-order valence-corrected chi connectivity index (χ3v) is 12.5. The van der Waals surface area contributed by atoms with Gasteiger partial charge in [0.25, 0.3) is 0 Å². The van der Waals surface area contributed by atoms with Gasteiger partial charge in [0.2, 0.25) is 0 Å². The van der Waals surface area contributed by atoms with Crippen molar-refractivity contribution in [2.75, 3.05) is 0 Å². The molecule has 4 saturated heterocycles. The van der Waals surface area contributed by atoms with Crippen LogP contribution < -0.4 is 0 Å². The minimum atomic E-state index is 0.450. The van der Waals surface area contributed by atoms with Gasteiger partial charge in [0.1, 0.15) is 14.7 Å². The highest BCUT2D eigenvalue weighted by atomic mass is 32.4. The summed E-state index contributed by atoms with van der Waals surface area (Å²) in [6.07, 6.45) is 0. The van der Waals surface area contributed by atoms with Crippen LogP contribution in [0.4, 0.5) is 0 Å². The van der Waals surface area contributed by atoms with Crippen molar-refractivity contribution < 1.29 is 0 Å². The Bertz CT molecular complexity index is 194. The van der Waals surface area contributed by atoms with E-state index in [9.17, 15) is 0 Å².